The van der Waals surface area contributed by atoms with E-state index in [2.05, 4.69) is 25.3 Å². The molecule has 1 heterocycles. The van der Waals surface area contributed by atoms with Crippen LogP contribution in [-0.4, -0.2) is 31.2 Å². The first-order valence-electron chi connectivity index (χ1n) is 8.28. The van der Waals surface area contributed by atoms with Gasteiger partial charge in [-0.05, 0) is 25.1 Å². The molecule has 0 bridgehead atoms. The van der Waals surface area contributed by atoms with Crippen LogP contribution in [0, 0.1) is 5.82 Å². The van der Waals surface area contributed by atoms with E-state index in [1.165, 1.54) is 25.4 Å². The summed E-state index contributed by atoms with van der Waals surface area (Å²) in [5.74, 6) is 0.117. The van der Waals surface area contributed by atoms with E-state index >= 15 is 0 Å². The molecule has 0 aliphatic rings. The molecule has 0 radical (unpaired) electrons. The molecule has 0 saturated heterocycles. The van der Waals surface area contributed by atoms with Gasteiger partial charge in [-0.3, -0.25) is 9.98 Å². The fraction of sp³-hybridized carbons (Fsp3) is 0.333. The van der Waals surface area contributed by atoms with Crippen molar-refractivity contribution in [2.45, 2.75) is 26.6 Å². The summed E-state index contributed by atoms with van der Waals surface area (Å²) in [6, 6.07) is 7.69. The minimum atomic E-state index is -2.98. The summed E-state index contributed by atoms with van der Waals surface area (Å²) >= 11 is 0. The van der Waals surface area contributed by atoms with Crippen LogP contribution in [-0.2, 0) is 13.1 Å². The maximum absolute atomic E-state index is 13.6. The topological polar surface area (TPSA) is 67.8 Å². The smallest absolute Gasteiger partial charge is 0.387 e. The molecule has 0 unspecified atom stereocenters. The highest BCUT2D eigenvalue weighted by Gasteiger charge is 2.16. The van der Waals surface area contributed by atoms with E-state index in [-0.39, 0.29) is 54.3 Å². The van der Waals surface area contributed by atoms with Gasteiger partial charge in [-0.25, -0.2) is 4.39 Å². The molecule has 0 spiro atoms. The van der Waals surface area contributed by atoms with Gasteiger partial charge in [0.05, 0.1) is 18.8 Å². The Morgan fingerprint density at radius 1 is 1.18 bits per heavy atom. The summed E-state index contributed by atoms with van der Waals surface area (Å²) in [4.78, 5) is 7.96. The quantitative estimate of drug-likeness (QED) is 0.322. The van der Waals surface area contributed by atoms with Crippen LogP contribution in [0.25, 0.3) is 0 Å². The lowest BCUT2D eigenvalue weighted by atomic mass is 10.2. The summed E-state index contributed by atoms with van der Waals surface area (Å²) in [5.41, 5.74) is 0.703. The van der Waals surface area contributed by atoms with Crippen molar-refractivity contribution in [1.29, 1.82) is 0 Å². The van der Waals surface area contributed by atoms with E-state index in [9.17, 15) is 13.2 Å². The monoisotopic (exact) mass is 510 g/mol. The van der Waals surface area contributed by atoms with E-state index in [1.807, 2.05) is 0 Å². The predicted molar refractivity (Wildman–Crippen MR) is 111 cm³/mol. The molecule has 6 nitrogen and oxygen atoms in total. The largest absolute Gasteiger partial charge is 0.490 e. The van der Waals surface area contributed by atoms with Crippen LogP contribution < -0.4 is 20.1 Å². The molecule has 2 aromatic rings. The van der Waals surface area contributed by atoms with Gasteiger partial charge in [-0.15, -0.1) is 24.0 Å². The van der Waals surface area contributed by atoms with Crippen molar-refractivity contribution in [2.24, 2.45) is 4.99 Å². The van der Waals surface area contributed by atoms with E-state index in [4.69, 9.17) is 4.74 Å². The van der Waals surface area contributed by atoms with Gasteiger partial charge in [-0.2, -0.15) is 8.78 Å². The van der Waals surface area contributed by atoms with Gasteiger partial charge in [0.1, 0.15) is 5.82 Å². The molecular weight excluding hydrogens is 488 g/mol. The highest BCUT2D eigenvalue weighted by atomic mass is 127. The number of benzene rings is 1. The van der Waals surface area contributed by atoms with E-state index in [0.717, 1.165) is 0 Å². The highest BCUT2D eigenvalue weighted by Crippen LogP contribution is 2.32. The van der Waals surface area contributed by atoms with Crippen LogP contribution in [0.5, 0.6) is 11.5 Å². The summed E-state index contributed by atoms with van der Waals surface area (Å²) in [5, 5.41) is 5.88. The van der Waals surface area contributed by atoms with Crippen molar-refractivity contribution in [2.75, 3.05) is 13.7 Å². The van der Waals surface area contributed by atoms with Crippen LogP contribution >= 0.6 is 24.0 Å². The number of nitrogens with zero attached hydrogens (tertiary/aromatic N) is 2. The van der Waals surface area contributed by atoms with Crippen molar-refractivity contribution >= 4 is 29.9 Å². The van der Waals surface area contributed by atoms with Crippen molar-refractivity contribution in [3.63, 3.8) is 0 Å². The Labute approximate surface area is 178 Å². The molecular formula is C18H22F3IN4O2. The van der Waals surface area contributed by atoms with Gasteiger partial charge in [0, 0.05) is 25.4 Å². The Hall–Kier alpha value is -2.24. The third kappa shape index (κ3) is 7.06. The number of guanidine groups is 1. The first-order valence-corrected chi connectivity index (χ1v) is 8.28. The molecule has 0 saturated carbocycles. The second-order valence-corrected chi connectivity index (χ2v) is 5.27. The molecule has 10 heteroatoms. The molecule has 1 aromatic carbocycles. The van der Waals surface area contributed by atoms with Gasteiger partial charge in [-0.1, -0.05) is 12.1 Å². The Morgan fingerprint density at radius 3 is 2.57 bits per heavy atom. The molecule has 2 rings (SSSR count). The van der Waals surface area contributed by atoms with Gasteiger partial charge < -0.3 is 20.1 Å². The molecule has 2 N–H and O–H groups in total. The van der Waals surface area contributed by atoms with Crippen molar-refractivity contribution < 1.29 is 22.6 Å². The first kappa shape index (κ1) is 23.8. The second kappa shape index (κ2) is 12.3. The molecule has 0 aliphatic carbocycles. The summed E-state index contributed by atoms with van der Waals surface area (Å²) in [6.07, 6.45) is 1.49. The molecule has 0 fully saturated rings. The van der Waals surface area contributed by atoms with Crippen LogP contribution in [0.1, 0.15) is 18.2 Å². The molecule has 1 aromatic heterocycles. The average Bonchev–Trinajstić information content (AvgIpc) is 2.65. The molecule has 28 heavy (non-hydrogen) atoms. The van der Waals surface area contributed by atoms with E-state index in [1.54, 1.807) is 25.1 Å². The summed E-state index contributed by atoms with van der Waals surface area (Å²) in [7, 11) is 1.54. The normalized spacial score (nSPS) is 11.0. The van der Waals surface area contributed by atoms with Gasteiger partial charge in [0.15, 0.2) is 17.5 Å². The molecule has 0 atom stereocenters. The third-order valence-electron chi connectivity index (χ3n) is 3.50. The number of halogens is 4. The van der Waals surface area contributed by atoms with Crippen molar-refractivity contribution in [3.8, 4) is 11.5 Å². The van der Waals surface area contributed by atoms with Crippen LogP contribution in [0.3, 0.4) is 0 Å². The average molecular weight is 510 g/mol. The number of nitrogens with one attached hydrogen (secondary N) is 2. The van der Waals surface area contributed by atoms with Crippen LogP contribution in [0.15, 0.2) is 41.5 Å². The zero-order chi connectivity index (χ0) is 19.6. The first-order chi connectivity index (χ1) is 13.0. The lowest BCUT2D eigenvalue weighted by Crippen LogP contribution is -2.36. The number of rotatable bonds is 8. The highest BCUT2D eigenvalue weighted by molar-refractivity contribution is 14.0. The Balaban J connectivity index is 0.00000392. The van der Waals surface area contributed by atoms with Crippen molar-refractivity contribution in [1.82, 2.24) is 15.6 Å². The Kier molecular flexibility index (Phi) is 10.4. The number of aromatic nitrogens is 1. The van der Waals surface area contributed by atoms with Gasteiger partial charge in [0.25, 0.3) is 0 Å². The maximum atomic E-state index is 13.6. The summed E-state index contributed by atoms with van der Waals surface area (Å²) < 4.78 is 49.1. The number of hydrogen-bond acceptors (Lipinski definition) is 4. The fourth-order valence-corrected chi connectivity index (χ4v) is 2.31. The van der Waals surface area contributed by atoms with Crippen LogP contribution in [0.4, 0.5) is 13.2 Å². The van der Waals surface area contributed by atoms with Gasteiger partial charge in [0.2, 0.25) is 0 Å². The second-order valence-electron chi connectivity index (χ2n) is 5.27. The predicted octanol–water partition coefficient (Wildman–Crippen LogP) is 3.70. The number of pyridine rings is 1. The number of para-hydroxylation sites is 1. The Bertz CT molecular complexity index is 778. The zero-order valence-electron chi connectivity index (χ0n) is 15.4. The number of ether oxygens (including phenoxy) is 2. The molecule has 0 aliphatic heterocycles. The lowest BCUT2D eigenvalue weighted by Gasteiger charge is -2.17. The lowest BCUT2D eigenvalue weighted by molar-refractivity contribution is -0.0520. The zero-order valence-corrected chi connectivity index (χ0v) is 17.7. The van der Waals surface area contributed by atoms with Crippen molar-refractivity contribution in [3.05, 3.63) is 53.6 Å². The molecule has 0 amide bonds. The van der Waals surface area contributed by atoms with Crippen LogP contribution in [0.2, 0.25) is 0 Å². The standard InChI is InChI=1S/C18H21F3N4O2.HI/c1-3-26-15-8-4-6-12(16(15)27-17(20)21)10-24-18(22-2)25-11-14-13(19)7-5-9-23-14;/h4-9,17H,3,10-11H2,1-2H3,(H2,22,24,25);1H. The minimum absolute atomic E-state index is 0. The minimum Gasteiger partial charge on any atom is -0.490 e. The number of hydrogen-bond donors (Lipinski definition) is 2. The third-order valence-corrected chi connectivity index (χ3v) is 3.50. The SMILES string of the molecule is CCOc1cccc(CNC(=NC)NCc2ncccc2F)c1OC(F)F.I. The van der Waals surface area contributed by atoms with E-state index in [0.29, 0.717) is 18.1 Å². The van der Waals surface area contributed by atoms with Gasteiger partial charge >= 0.3 is 6.61 Å². The van der Waals surface area contributed by atoms with E-state index < -0.39 is 12.4 Å². The molecule has 154 valence electrons. The number of alkyl halides is 2. The summed E-state index contributed by atoms with van der Waals surface area (Å²) in [6.45, 7) is -0.650. The maximum Gasteiger partial charge on any atom is 0.387 e. The fourth-order valence-electron chi connectivity index (χ4n) is 2.31. The number of aliphatic imine (C=N–C) groups is 1. The Morgan fingerprint density at radius 2 is 1.93 bits per heavy atom.